The van der Waals surface area contributed by atoms with E-state index in [2.05, 4.69) is 37.8 Å². The predicted molar refractivity (Wildman–Crippen MR) is 160 cm³/mol. The number of aryl methyl sites for hydroxylation is 1. The summed E-state index contributed by atoms with van der Waals surface area (Å²) in [4.78, 5) is 25.4. The van der Waals surface area contributed by atoms with Crippen LogP contribution in [-0.4, -0.2) is 37.8 Å². The van der Waals surface area contributed by atoms with Gasteiger partial charge in [-0.25, -0.2) is 5.43 Å². The SMILES string of the molecule is COc1cc(/C=N\NC(=O)[C@@H](CC(C)C)NC(=O)COc2ccccc2C)cc(Br)c1OCc1ccccc1C#N. The van der Waals surface area contributed by atoms with Crippen molar-refractivity contribution in [1.29, 1.82) is 5.26 Å². The quantitative estimate of drug-likeness (QED) is 0.198. The number of rotatable bonds is 13. The molecule has 0 unspecified atom stereocenters. The molecule has 0 aliphatic rings. The molecule has 3 aromatic rings. The number of para-hydroxylation sites is 1. The molecule has 0 bridgehead atoms. The third kappa shape index (κ3) is 9.36. The number of amides is 2. The third-order valence-corrected chi connectivity index (χ3v) is 6.55. The summed E-state index contributed by atoms with van der Waals surface area (Å²) in [7, 11) is 1.52. The van der Waals surface area contributed by atoms with Crippen LogP contribution in [0.5, 0.6) is 17.2 Å². The zero-order chi connectivity index (χ0) is 29.8. The Morgan fingerprint density at radius 3 is 2.51 bits per heavy atom. The molecule has 214 valence electrons. The van der Waals surface area contributed by atoms with Gasteiger partial charge in [0.25, 0.3) is 11.8 Å². The van der Waals surface area contributed by atoms with Crippen molar-refractivity contribution in [2.75, 3.05) is 13.7 Å². The maximum atomic E-state index is 12.9. The monoisotopic (exact) mass is 620 g/mol. The normalized spacial score (nSPS) is 11.5. The van der Waals surface area contributed by atoms with Crippen molar-refractivity contribution in [3.8, 4) is 23.3 Å². The third-order valence-electron chi connectivity index (χ3n) is 5.96. The van der Waals surface area contributed by atoms with Gasteiger partial charge in [-0.15, -0.1) is 0 Å². The van der Waals surface area contributed by atoms with Gasteiger partial charge >= 0.3 is 0 Å². The lowest BCUT2D eigenvalue weighted by molar-refractivity contribution is -0.130. The number of ether oxygens (including phenoxy) is 3. The molecule has 3 rings (SSSR count). The first kappa shape index (κ1) is 31.2. The Balaban J connectivity index is 1.62. The molecule has 0 aliphatic carbocycles. The lowest BCUT2D eigenvalue weighted by atomic mass is 10.0. The van der Waals surface area contributed by atoms with Crippen molar-refractivity contribution in [3.63, 3.8) is 0 Å². The highest BCUT2D eigenvalue weighted by Gasteiger charge is 2.22. The summed E-state index contributed by atoms with van der Waals surface area (Å²) in [5, 5.41) is 16.1. The molecule has 0 aromatic heterocycles. The van der Waals surface area contributed by atoms with Gasteiger partial charge in [-0.05, 0) is 70.6 Å². The second-order valence-corrected chi connectivity index (χ2v) is 10.5. The molecule has 3 aromatic carbocycles. The number of carbonyl (C=O) groups excluding carboxylic acids is 2. The predicted octanol–water partition coefficient (Wildman–Crippen LogP) is 5.28. The van der Waals surface area contributed by atoms with Crippen molar-refractivity contribution in [1.82, 2.24) is 10.7 Å². The topological polar surface area (TPSA) is 122 Å². The largest absolute Gasteiger partial charge is 0.493 e. The van der Waals surface area contributed by atoms with Crippen LogP contribution < -0.4 is 25.0 Å². The van der Waals surface area contributed by atoms with Crippen LogP contribution in [0.1, 0.15) is 42.5 Å². The Labute approximate surface area is 248 Å². The van der Waals surface area contributed by atoms with Gasteiger partial charge in [-0.3, -0.25) is 9.59 Å². The minimum absolute atomic E-state index is 0.153. The highest BCUT2D eigenvalue weighted by atomic mass is 79.9. The van der Waals surface area contributed by atoms with Gasteiger partial charge in [0.2, 0.25) is 0 Å². The van der Waals surface area contributed by atoms with Gasteiger partial charge in [0.15, 0.2) is 18.1 Å². The Kier molecular flexibility index (Phi) is 11.7. The fourth-order valence-corrected chi connectivity index (χ4v) is 4.48. The van der Waals surface area contributed by atoms with E-state index in [-0.39, 0.29) is 19.1 Å². The smallest absolute Gasteiger partial charge is 0.262 e. The molecular formula is C31H33BrN4O5. The minimum atomic E-state index is -0.784. The number of halogens is 1. The number of nitrogens with one attached hydrogen (secondary N) is 2. The van der Waals surface area contributed by atoms with Gasteiger partial charge in [0.1, 0.15) is 18.4 Å². The van der Waals surface area contributed by atoms with Crippen LogP contribution in [0.3, 0.4) is 0 Å². The zero-order valence-electron chi connectivity index (χ0n) is 23.4. The molecule has 0 radical (unpaired) electrons. The molecule has 2 N–H and O–H groups in total. The number of nitrogens with zero attached hydrogens (tertiary/aromatic N) is 2. The summed E-state index contributed by atoms with van der Waals surface area (Å²) in [6.45, 7) is 5.80. The van der Waals surface area contributed by atoms with E-state index in [1.54, 1.807) is 30.3 Å². The highest BCUT2D eigenvalue weighted by molar-refractivity contribution is 9.10. The number of hydrogen-bond donors (Lipinski definition) is 2. The first-order chi connectivity index (χ1) is 19.7. The first-order valence-corrected chi connectivity index (χ1v) is 13.8. The molecule has 0 saturated heterocycles. The number of benzene rings is 3. The standard InChI is InChI=1S/C31H33BrN4O5/c1-20(2)13-26(35-29(37)19-40-27-12-8-5-9-21(27)3)31(38)36-34-17-22-14-25(32)30(28(15-22)39-4)41-18-24-11-7-6-10-23(24)16-33/h5-12,14-15,17,20,26H,13,18-19H2,1-4H3,(H,35,37)(H,36,38)/b34-17-/t26-/m1/s1. The summed E-state index contributed by atoms with van der Waals surface area (Å²) in [6, 6.07) is 19.4. The van der Waals surface area contributed by atoms with Gasteiger partial charge in [-0.1, -0.05) is 50.2 Å². The summed E-state index contributed by atoms with van der Waals surface area (Å²) in [5.41, 5.74) is 5.35. The molecule has 0 heterocycles. The Morgan fingerprint density at radius 2 is 1.80 bits per heavy atom. The lowest BCUT2D eigenvalue weighted by Gasteiger charge is -2.19. The van der Waals surface area contributed by atoms with E-state index in [4.69, 9.17) is 14.2 Å². The molecule has 0 spiro atoms. The fraction of sp³-hybridized carbons (Fsp3) is 0.290. The van der Waals surface area contributed by atoms with Crippen LogP contribution in [0.4, 0.5) is 0 Å². The summed E-state index contributed by atoms with van der Waals surface area (Å²) >= 11 is 3.50. The highest BCUT2D eigenvalue weighted by Crippen LogP contribution is 2.37. The van der Waals surface area contributed by atoms with E-state index >= 15 is 0 Å². The van der Waals surface area contributed by atoms with E-state index in [1.165, 1.54) is 13.3 Å². The van der Waals surface area contributed by atoms with Crippen LogP contribution >= 0.6 is 15.9 Å². The number of hydrogen-bond acceptors (Lipinski definition) is 7. The van der Waals surface area contributed by atoms with Crippen molar-refractivity contribution in [2.24, 2.45) is 11.0 Å². The Hall–Kier alpha value is -4.36. The van der Waals surface area contributed by atoms with Crippen LogP contribution in [-0.2, 0) is 16.2 Å². The number of hydrazone groups is 1. The summed E-state index contributed by atoms with van der Waals surface area (Å²) in [6.07, 6.45) is 1.90. The molecule has 0 fully saturated rings. The average Bonchev–Trinajstić information content (AvgIpc) is 2.95. The number of methoxy groups -OCH3 is 1. The molecule has 0 aliphatic heterocycles. The van der Waals surface area contributed by atoms with Crippen LogP contribution in [0.2, 0.25) is 0 Å². The molecule has 10 heteroatoms. The molecule has 2 amide bonds. The van der Waals surface area contributed by atoms with Gasteiger partial charge in [0.05, 0.1) is 29.4 Å². The van der Waals surface area contributed by atoms with Gasteiger partial charge < -0.3 is 19.5 Å². The maximum absolute atomic E-state index is 12.9. The van der Waals surface area contributed by atoms with Crippen molar-refractivity contribution < 1.29 is 23.8 Å². The fourth-order valence-electron chi connectivity index (χ4n) is 3.91. The van der Waals surface area contributed by atoms with E-state index in [9.17, 15) is 14.9 Å². The zero-order valence-corrected chi connectivity index (χ0v) is 25.0. The summed E-state index contributed by atoms with van der Waals surface area (Å²) in [5.74, 6) is 0.831. The second-order valence-electron chi connectivity index (χ2n) is 9.63. The molecular weight excluding hydrogens is 588 g/mol. The number of nitriles is 1. The van der Waals surface area contributed by atoms with Crippen LogP contribution in [0, 0.1) is 24.2 Å². The first-order valence-electron chi connectivity index (χ1n) is 13.0. The number of carbonyl (C=O) groups is 2. The molecule has 0 saturated carbocycles. The van der Waals surface area contributed by atoms with Gasteiger partial charge in [0, 0.05) is 5.56 Å². The molecule has 41 heavy (non-hydrogen) atoms. The van der Waals surface area contributed by atoms with Crippen molar-refractivity contribution >= 4 is 34.0 Å². The van der Waals surface area contributed by atoms with Gasteiger partial charge in [-0.2, -0.15) is 10.4 Å². The van der Waals surface area contributed by atoms with E-state index in [1.807, 2.05) is 51.1 Å². The lowest BCUT2D eigenvalue weighted by Crippen LogP contribution is -2.47. The Bertz CT molecular complexity index is 1430. The van der Waals surface area contributed by atoms with Crippen LogP contribution in [0.25, 0.3) is 0 Å². The summed E-state index contributed by atoms with van der Waals surface area (Å²) < 4.78 is 17.7. The Morgan fingerprint density at radius 1 is 1.07 bits per heavy atom. The second kappa shape index (κ2) is 15.4. The van der Waals surface area contributed by atoms with Crippen molar-refractivity contribution in [3.05, 3.63) is 87.4 Å². The van der Waals surface area contributed by atoms with E-state index < -0.39 is 17.9 Å². The van der Waals surface area contributed by atoms with E-state index in [0.717, 1.165) is 11.1 Å². The minimum Gasteiger partial charge on any atom is -0.493 e. The van der Waals surface area contributed by atoms with Crippen molar-refractivity contribution in [2.45, 2.75) is 39.8 Å². The average molecular weight is 622 g/mol. The van der Waals surface area contributed by atoms with Crippen LogP contribution in [0.15, 0.2) is 70.2 Å². The molecule has 9 nitrogen and oxygen atoms in total. The van der Waals surface area contributed by atoms with E-state index in [0.29, 0.717) is 39.3 Å². The molecule has 1 atom stereocenters. The maximum Gasteiger partial charge on any atom is 0.262 e.